The minimum atomic E-state index is 0.129. The molecule has 1 unspecified atom stereocenters. The second kappa shape index (κ2) is 4.04. The number of nitrogens with one attached hydrogen (secondary N) is 1. The fourth-order valence-corrected chi connectivity index (χ4v) is 2.22. The van der Waals surface area contributed by atoms with E-state index in [1.807, 2.05) is 7.05 Å². The highest BCUT2D eigenvalue weighted by Crippen LogP contribution is 2.30. The Bertz CT molecular complexity index is 402. The summed E-state index contributed by atoms with van der Waals surface area (Å²) in [6.07, 6.45) is 1.03. The number of rotatable bonds is 2. The first-order valence-corrected chi connectivity index (χ1v) is 5.45. The molecule has 16 heavy (non-hydrogen) atoms. The van der Waals surface area contributed by atoms with Gasteiger partial charge in [-0.05, 0) is 18.1 Å². The lowest BCUT2D eigenvalue weighted by Crippen LogP contribution is -2.43. The van der Waals surface area contributed by atoms with E-state index in [0.717, 1.165) is 13.0 Å². The average Bonchev–Trinajstić information content (AvgIpc) is 2.56. The predicted molar refractivity (Wildman–Crippen MR) is 66.9 cm³/mol. The number of fused-ring (bicyclic) bond motifs is 1. The van der Waals surface area contributed by atoms with Crippen LogP contribution < -0.4 is 10.6 Å². The van der Waals surface area contributed by atoms with Gasteiger partial charge in [-0.1, -0.05) is 18.2 Å². The minimum Gasteiger partial charge on any atom is -0.370 e. The topological polar surface area (TPSA) is 56.4 Å². The van der Waals surface area contributed by atoms with Crippen LogP contribution in [0.25, 0.3) is 0 Å². The van der Waals surface area contributed by atoms with Crippen molar-refractivity contribution in [2.24, 2.45) is 5.73 Å². The van der Waals surface area contributed by atoms with Gasteiger partial charge in [0.15, 0.2) is 5.96 Å². The predicted octanol–water partition coefficient (Wildman–Crippen LogP) is 0.873. The van der Waals surface area contributed by atoms with Gasteiger partial charge in [0.25, 0.3) is 0 Å². The van der Waals surface area contributed by atoms with E-state index in [1.54, 1.807) is 4.90 Å². The van der Waals surface area contributed by atoms with Crippen molar-refractivity contribution >= 4 is 11.6 Å². The van der Waals surface area contributed by atoms with Gasteiger partial charge < -0.3 is 15.5 Å². The maximum absolute atomic E-state index is 7.38. The summed E-state index contributed by atoms with van der Waals surface area (Å²) in [4.78, 5) is 4.06. The molecule has 0 saturated heterocycles. The molecule has 0 saturated carbocycles. The van der Waals surface area contributed by atoms with Crippen molar-refractivity contribution < 1.29 is 0 Å². The van der Waals surface area contributed by atoms with Crippen LogP contribution in [-0.4, -0.2) is 37.5 Å². The number of hydrogen-bond donors (Lipinski definition) is 2. The van der Waals surface area contributed by atoms with Gasteiger partial charge in [0, 0.05) is 26.3 Å². The normalized spacial score (nSPS) is 18.4. The second-order valence-corrected chi connectivity index (χ2v) is 4.36. The summed E-state index contributed by atoms with van der Waals surface area (Å²) < 4.78 is 0. The van der Waals surface area contributed by atoms with Crippen LogP contribution in [0.3, 0.4) is 0 Å². The number of nitrogens with zero attached hydrogens (tertiary/aromatic N) is 2. The van der Waals surface area contributed by atoms with Crippen LogP contribution in [0.1, 0.15) is 5.56 Å². The van der Waals surface area contributed by atoms with Crippen molar-refractivity contribution in [3.05, 3.63) is 29.8 Å². The zero-order valence-electron chi connectivity index (χ0n) is 9.77. The smallest absolute Gasteiger partial charge is 0.188 e. The van der Waals surface area contributed by atoms with Gasteiger partial charge in [0.2, 0.25) is 0 Å². The van der Waals surface area contributed by atoms with Crippen molar-refractivity contribution in [3.63, 3.8) is 0 Å². The number of para-hydroxylation sites is 1. The van der Waals surface area contributed by atoms with E-state index in [9.17, 15) is 0 Å². The molecule has 4 nitrogen and oxygen atoms in total. The van der Waals surface area contributed by atoms with Crippen LogP contribution in [0.4, 0.5) is 5.69 Å². The third-order valence-electron chi connectivity index (χ3n) is 3.27. The first kappa shape index (κ1) is 10.8. The van der Waals surface area contributed by atoms with Crippen LogP contribution in [0.2, 0.25) is 0 Å². The average molecular weight is 218 g/mol. The molecule has 0 aliphatic carbocycles. The molecule has 3 N–H and O–H groups in total. The van der Waals surface area contributed by atoms with Crippen molar-refractivity contribution in [1.29, 1.82) is 5.41 Å². The highest BCUT2D eigenvalue weighted by molar-refractivity contribution is 5.74. The number of nitrogens with two attached hydrogens (primary N) is 1. The molecule has 1 heterocycles. The fraction of sp³-hybridized carbons (Fsp3) is 0.417. The summed E-state index contributed by atoms with van der Waals surface area (Å²) in [7, 11) is 3.96. The Kier molecular flexibility index (Phi) is 2.73. The van der Waals surface area contributed by atoms with Crippen LogP contribution >= 0.6 is 0 Å². The molecular weight excluding hydrogens is 200 g/mol. The zero-order chi connectivity index (χ0) is 11.7. The molecule has 2 rings (SSSR count). The molecule has 0 radical (unpaired) electrons. The van der Waals surface area contributed by atoms with Gasteiger partial charge in [-0.15, -0.1) is 0 Å². The summed E-state index contributed by atoms with van der Waals surface area (Å²) in [5.74, 6) is 0.129. The molecule has 0 aromatic heterocycles. The summed E-state index contributed by atoms with van der Waals surface area (Å²) in [5.41, 5.74) is 8.13. The molecule has 0 bridgehead atoms. The van der Waals surface area contributed by atoms with E-state index < -0.39 is 0 Å². The van der Waals surface area contributed by atoms with Crippen LogP contribution in [0.5, 0.6) is 0 Å². The standard InChI is InChI=1S/C12H18N4/c1-15(12(13)14)8-10-7-9-5-3-4-6-11(9)16(10)2/h3-6,10H,7-8H2,1-2H3,(H3,13,14). The molecule has 0 spiro atoms. The third kappa shape index (κ3) is 1.83. The number of hydrogen-bond acceptors (Lipinski definition) is 2. The van der Waals surface area contributed by atoms with E-state index >= 15 is 0 Å². The third-order valence-corrected chi connectivity index (χ3v) is 3.27. The van der Waals surface area contributed by atoms with E-state index in [1.165, 1.54) is 11.3 Å². The Labute approximate surface area is 96.2 Å². The molecular formula is C12H18N4. The molecule has 0 fully saturated rings. The lowest BCUT2D eigenvalue weighted by atomic mass is 10.1. The molecule has 4 heteroatoms. The molecule has 1 aliphatic rings. The largest absolute Gasteiger partial charge is 0.370 e. The quantitative estimate of drug-likeness (QED) is 0.572. The van der Waals surface area contributed by atoms with Gasteiger partial charge in [-0.2, -0.15) is 0 Å². The van der Waals surface area contributed by atoms with Crippen molar-refractivity contribution in [2.75, 3.05) is 25.5 Å². The van der Waals surface area contributed by atoms with E-state index in [2.05, 4.69) is 36.2 Å². The van der Waals surface area contributed by atoms with Gasteiger partial charge >= 0.3 is 0 Å². The van der Waals surface area contributed by atoms with E-state index in [-0.39, 0.29) is 5.96 Å². The number of benzene rings is 1. The number of guanidine groups is 1. The highest BCUT2D eigenvalue weighted by Gasteiger charge is 2.26. The Morgan fingerprint density at radius 2 is 2.25 bits per heavy atom. The van der Waals surface area contributed by atoms with E-state index in [4.69, 9.17) is 11.1 Å². The Morgan fingerprint density at radius 3 is 2.88 bits per heavy atom. The van der Waals surface area contributed by atoms with Crippen LogP contribution in [-0.2, 0) is 6.42 Å². The lowest BCUT2D eigenvalue weighted by Gasteiger charge is -2.27. The monoisotopic (exact) mass is 218 g/mol. The molecule has 1 aromatic rings. The molecule has 1 aromatic carbocycles. The van der Waals surface area contributed by atoms with Gasteiger partial charge in [0.1, 0.15) is 0 Å². The first-order chi connectivity index (χ1) is 7.59. The maximum atomic E-state index is 7.38. The van der Waals surface area contributed by atoms with Gasteiger partial charge in [0.05, 0.1) is 6.04 Å². The molecule has 1 atom stereocenters. The number of anilines is 1. The minimum absolute atomic E-state index is 0.129. The Hall–Kier alpha value is -1.71. The fourth-order valence-electron chi connectivity index (χ4n) is 2.22. The Balaban J connectivity index is 2.10. The highest BCUT2D eigenvalue weighted by atomic mass is 15.3. The van der Waals surface area contributed by atoms with Crippen molar-refractivity contribution in [3.8, 4) is 0 Å². The van der Waals surface area contributed by atoms with Crippen LogP contribution in [0, 0.1) is 5.41 Å². The first-order valence-electron chi connectivity index (χ1n) is 5.45. The lowest BCUT2D eigenvalue weighted by molar-refractivity contribution is 0.439. The SMILES string of the molecule is CN(CC1Cc2ccccc2N1C)C(=N)N. The summed E-state index contributed by atoms with van der Waals surface area (Å²) in [6, 6.07) is 8.85. The summed E-state index contributed by atoms with van der Waals surface area (Å²) >= 11 is 0. The summed E-state index contributed by atoms with van der Waals surface area (Å²) in [6.45, 7) is 0.792. The number of likely N-dealkylation sites (N-methyl/N-ethyl adjacent to an activating group) is 2. The van der Waals surface area contributed by atoms with Crippen molar-refractivity contribution in [2.45, 2.75) is 12.5 Å². The maximum Gasteiger partial charge on any atom is 0.188 e. The molecule has 86 valence electrons. The second-order valence-electron chi connectivity index (χ2n) is 4.36. The summed E-state index contributed by atoms with van der Waals surface area (Å²) in [5, 5.41) is 7.38. The zero-order valence-corrected chi connectivity index (χ0v) is 9.77. The Morgan fingerprint density at radius 1 is 1.56 bits per heavy atom. The van der Waals surface area contributed by atoms with Crippen LogP contribution in [0.15, 0.2) is 24.3 Å². The van der Waals surface area contributed by atoms with Gasteiger partial charge in [-0.25, -0.2) is 0 Å². The van der Waals surface area contributed by atoms with Crippen molar-refractivity contribution in [1.82, 2.24) is 4.90 Å². The molecule has 1 aliphatic heterocycles. The van der Waals surface area contributed by atoms with Gasteiger partial charge in [-0.3, -0.25) is 5.41 Å². The molecule has 0 amide bonds. The van der Waals surface area contributed by atoms with E-state index in [0.29, 0.717) is 6.04 Å².